The SMILES string of the molecule is C.COCC1(C)COC1.[2H][C-]1OC1C.[W]. The second-order valence-electron chi connectivity index (χ2n) is 3.61. The van der Waals surface area contributed by atoms with Gasteiger partial charge in [-0.3, -0.25) is 0 Å². The molecule has 0 aromatic heterocycles. The van der Waals surface area contributed by atoms with Gasteiger partial charge in [0, 0.05) is 33.6 Å². The number of ether oxygens (including phenoxy) is 3. The fourth-order valence-electron chi connectivity index (χ4n) is 0.950. The van der Waals surface area contributed by atoms with Crippen LogP contribution in [0.25, 0.3) is 0 Å². The van der Waals surface area contributed by atoms with Crippen LogP contribution in [0, 0.1) is 12.0 Å². The van der Waals surface area contributed by atoms with Gasteiger partial charge in [0.05, 0.1) is 19.8 Å². The maximum Gasteiger partial charge on any atom is 0.0564 e. The van der Waals surface area contributed by atoms with Crippen molar-refractivity contribution in [2.24, 2.45) is 5.41 Å². The van der Waals surface area contributed by atoms with E-state index in [0.29, 0.717) is 12.0 Å². The first-order valence-electron chi connectivity index (χ1n) is 4.64. The van der Waals surface area contributed by atoms with Crippen molar-refractivity contribution in [2.75, 3.05) is 26.9 Å². The summed E-state index contributed by atoms with van der Waals surface area (Å²) in [7, 11) is 1.73. The Hall–Kier alpha value is 0.568. The van der Waals surface area contributed by atoms with Crippen LogP contribution in [-0.4, -0.2) is 33.0 Å². The molecule has 0 bridgehead atoms. The third-order valence-electron chi connectivity index (χ3n) is 1.75. The van der Waals surface area contributed by atoms with Crippen LogP contribution < -0.4 is 0 Å². The predicted octanol–water partition coefficient (Wildman–Crippen LogP) is 1.87. The summed E-state index contributed by atoms with van der Waals surface area (Å²) < 4.78 is 21.1. The second-order valence-corrected chi connectivity index (χ2v) is 3.61. The summed E-state index contributed by atoms with van der Waals surface area (Å²) in [5, 5.41) is 0. The zero-order valence-electron chi connectivity index (χ0n) is 9.33. The van der Waals surface area contributed by atoms with Crippen LogP contribution in [0.1, 0.15) is 22.6 Å². The summed E-state index contributed by atoms with van der Waals surface area (Å²) in [4.78, 5) is 0. The van der Waals surface area contributed by atoms with Gasteiger partial charge in [0.25, 0.3) is 0 Å². The summed E-state index contributed by atoms with van der Waals surface area (Å²) in [6, 6.07) is 0. The van der Waals surface area contributed by atoms with Gasteiger partial charge in [0.2, 0.25) is 0 Å². The molecule has 4 heteroatoms. The molecule has 2 rings (SSSR count). The van der Waals surface area contributed by atoms with Gasteiger partial charge in [-0.1, -0.05) is 27.4 Å². The summed E-state index contributed by atoms with van der Waals surface area (Å²) >= 11 is 0. The largest absolute Gasteiger partial charge is 0.570 e. The molecule has 2 aliphatic heterocycles. The van der Waals surface area contributed by atoms with Crippen LogP contribution >= 0.6 is 0 Å². The average Bonchev–Trinajstić information content (AvgIpc) is 2.64. The Morgan fingerprint density at radius 3 is 2.14 bits per heavy atom. The van der Waals surface area contributed by atoms with Gasteiger partial charge in [0.1, 0.15) is 0 Å². The zero-order chi connectivity index (χ0) is 9.90. The molecular formula is C10H21O3W-. The van der Waals surface area contributed by atoms with E-state index in [1.165, 1.54) is 0 Å². The van der Waals surface area contributed by atoms with Gasteiger partial charge in [0.15, 0.2) is 0 Å². The van der Waals surface area contributed by atoms with Crippen LogP contribution in [0.4, 0.5) is 0 Å². The molecule has 0 aromatic carbocycles. The molecule has 14 heavy (non-hydrogen) atoms. The Balaban J connectivity index is 0. The van der Waals surface area contributed by atoms with E-state index in [1.807, 2.05) is 6.92 Å². The zero-order valence-corrected chi connectivity index (χ0v) is 11.3. The average molecular weight is 374 g/mol. The number of hydrogen-bond donors (Lipinski definition) is 0. The van der Waals surface area contributed by atoms with Crippen molar-refractivity contribution < 1.29 is 36.6 Å². The molecule has 1 atom stereocenters. The quantitative estimate of drug-likeness (QED) is 0.547. The van der Waals surface area contributed by atoms with Gasteiger partial charge in [-0.15, -0.1) is 0 Å². The molecular weight excluding hydrogens is 352 g/mol. The monoisotopic (exact) mass is 374 g/mol. The second kappa shape index (κ2) is 7.81. The number of epoxide rings is 1. The van der Waals surface area contributed by atoms with Crippen LogP contribution in [0.5, 0.6) is 0 Å². The Bertz CT molecular complexity index is 159. The van der Waals surface area contributed by atoms with E-state index in [1.54, 1.807) is 7.11 Å². The standard InChI is InChI=1S/C6H12O2.C3H5O.CH4.W/c1-6(3-7-2)4-8-5-6;1-3-2-4-3;;/h3-5H2,1-2H3;2-3H,1H3;1H4;/q;-1;;/i;2D;;. The molecule has 0 spiro atoms. The minimum atomic E-state index is 0. The molecule has 0 amide bonds. The number of hydrogen-bond acceptors (Lipinski definition) is 3. The van der Waals surface area contributed by atoms with E-state index in [0.717, 1.165) is 19.8 Å². The summed E-state index contributed by atoms with van der Waals surface area (Å²) in [5.74, 6) is 0. The van der Waals surface area contributed by atoms with Crippen molar-refractivity contribution >= 4 is 0 Å². The Morgan fingerprint density at radius 2 is 2.07 bits per heavy atom. The van der Waals surface area contributed by atoms with Crippen LogP contribution in [0.2, 0.25) is 0 Å². The fourth-order valence-corrected chi connectivity index (χ4v) is 0.950. The van der Waals surface area contributed by atoms with E-state index in [9.17, 15) is 0 Å². The smallest absolute Gasteiger partial charge is 0.0564 e. The molecule has 2 heterocycles. The van der Waals surface area contributed by atoms with Crippen molar-refractivity contribution in [3.63, 3.8) is 0 Å². The first-order valence-corrected chi connectivity index (χ1v) is 4.14. The number of methoxy groups -OCH3 is 1. The van der Waals surface area contributed by atoms with Crippen LogP contribution in [-0.2, 0) is 35.3 Å². The van der Waals surface area contributed by atoms with Gasteiger partial charge in [-0.05, 0) is 0 Å². The van der Waals surface area contributed by atoms with Crippen molar-refractivity contribution in [1.82, 2.24) is 0 Å². The van der Waals surface area contributed by atoms with Crippen LogP contribution in [0.3, 0.4) is 0 Å². The molecule has 0 radical (unpaired) electrons. The molecule has 0 saturated carbocycles. The molecule has 3 nitrogen and oxygen atoms in total. The van der Waals surface area contributed by atoms with Crippen molar-refractivity contribution in [1.29, 1.82) is 0 Å². The third kappa shape index (κ3) is 6.94. The predicted molar refractivity (Wildman–Crippen MR) is 52.4 cm³/mol. The normalized spacial score (nSPS) is 27.9. The molecule has 0 aromatic rings. The van der Waals surface area contributed by atoms with E-state index in [4.69, 9.17) is 10.8 Å². The van der Waals surface area contributed by atoms with Gasteiger partial charge in [-0.2, -0.15) is 7.95 Å². The topological polar surface area (TPSA) is 31.0 Å². The van der Waals surface area contributed by atoms with Crippen molar-refractivity contribution in [2.45, 2.75) is 27.4 Å². The minimum Gasteiger partial charge on any atom is -0.570 e. The van der Waals surface area contributed by atoms with E-state index >= 15 is 0 Å². The van der Waals surface area contributed by atoms with Crippen LogP contribution in [0.15, 0.2) is 0 Å². The number of rotatable bonds is 2. The summed E-state index contributed by atoms with van der Waals surface area (Å²) in [6.07, 6.45) is 0.134. The summed E-state index contributed by atoms with van der Waals surface area (Å²) in [5.41, 5.74) is 0.328. The minimum absolute atomic E-state index is 0. The molecule has 86 valence electrons. The van der Waals surface area contributed by atoms with E-state index < -0.39 is 0 Å². The van der Waals surface area contributed by atoms with Crippen molar-refractivity contribution in [3.8, 4) is 0 Å². The van der Waals surface area contributed by atoms with Gasteiger partial charge < -0.3 is 14.2 Å². The molecule has 2 fully saturated rings. The molecule has 0 aliphatic carbocycles. The van der Waals surface area contributed by atoms with E-state index in [-0.39, 0.29) is 34.6 Å². The summed E-state index contributed by atoms with van der Waals surface area (Å²) in [6.45, 7) is 6.99. The third-order valence-corrected chi connectivity index (χ3v) is 1.75. The Labute approximate surface area is 103 Å². The Morgan fingerprint density at radius 1 is 1.64 bits per heavy atom. The first kappa shape index (κ1) is 14.6. The fraction of sp³-hybridized carbons (Fsp3) is 0.900. The van der Waals surface area contributed by atoms with E-state index in [2.05, 4.69) is 11.7 Å². The molecule has 0 N–H and O–H groups in total. The Kier molecular flexibility index (Phi) is 8.12. The first-order chi connectivity index (χ1) is 6.07. The van der Waals surface area contributed by atoms with Crippen molar-refractivity contribution in [3.05, 3.63) is 6.58 Å². The maximum absolute atomic E-state index is 6.59. The van der Waals surface area contributed by atoms with Gasteiger partial charge in [-0.25, -0.2) is 0 Å². The molecule has 2 saturated heterocycles. The maximum atomic E-state index is 6.59. The molecule has 1 unspecified atom stereocenters. The molecule has 2 aliphatic rings. The van der Waals surface area contributed by atoms with Gasteiger partial charge >= 0.3 is 0 Å².